The highest BCUT2D eigenvalue weighted by atomic mass is 35.5. The number of halogens is 1. The lowest BCUT2D eigenvalue weighted by Gasteiger charge is -2.33. The third-order valence-electron chi connectivity index (χ3n) is 8.70. The van der Waals surface area contributed by atoms with Crippen LogP contribution >= 0.6 is 11.6 Å². The van der Waals surface area contributed by atoms with Crippen LogP contribution in [0.25, 0.3) is 0 Å². The van der Waals surface area contributed by atoms with Gasteiger partial charge < -0.3 is 20.4 Å². The molecule has 8 heteroatoms. The SMILES string of the molecule is Cc1ccc(Cl)cc1.O=C(NCC(=O)N1CCC(c2ccccc2CN2CCCC2=O)CC1)C1Cc2ccccc2CN1. The maximum absolute atomic E-state index is 12.8. The minimum Gasteiger partial charge on any atom is -0.346 e. The average molecular weight is 601 g/mol. The summed E-state index contributed by atoms with van der Waals surface area (Å²) < 4.78 is 0. The van der Waals surface area contributed by atoms with Gasteiger partial charge in [0.05, 0.1) is 12.6 Å². The minimum absolute atomic E-state index is 0.0241. The maximum Gasteiger partial charge on any atom is 0.241 e. The van der Waals surface area contributed by atoms with Crippen molar-refractivity contribution in [1.82, 2.24) is 20.4 Å². The molecule has 0 aliphatic carbocycles. The zero-order valence-electron chi connectivity index (χ0n) is 24.9. The zero-order chi connectivity index (χ0) is 30.2. The maximum atomic E-state index is 12.8. The van der Waals surface area contributed by atoms with Crippen LogP contribution in [0.5, 0.6) is 0 Å². The van der Waals surface area contributed by atoms with Crippen molar-refractivity contribution >= 4 is 29.3 Å². The van der Waals surface area contributed by atoms with Crippen LogP contribution in [0.1, 0.15) is 59.4 Å². The molecule has 0 aromatic heterocycles. The molecule has 1 unspecified atom stereocenters. The molecule has 3 aromatic rings. The number of benzene rings is 3. The number of hydrogen-bond donors (Lipinski definition) is 2. The van der Waals surface area contributed by atoms with E-state index >= 15 is 0 Å². The molecule has 0 radical (unpaired) electrons. The Kier molecular flexibility index (Phi) is 10.5. The molecule has 3 aromatic carbocycles. The number of nitrogens with one attached hydrogen (secondary N) is 2. The van der Waals surface area contributed by atoms with Gasteiger partial charge in [0.25, 0.3) is 0 Å². The van der Waals surface area contributed by atoms with Gasteiger partial charge in [0, 0.05) is 44.2 Å². The smallest absolute Gasteiger partial charge is 0.241 e. The Balaban J connectivity index is 0.000000400. The number of hydrogen-bond acceptors (Lipinski definition) is 4. The predicted octanol–water partition coefficient (Wildman–Crippen LogP) is 4.99. The molecule has 7 nitrogen and oxygen atoms in total. The second-order valence-corrected chi connectivity index (χ2v) is 12.1. The quantitative estimate of drug-likeness (QED) is 0.418. The Morgan fingerprint density at radius 3 is 2.33 bits per heavy atom. The Morgan fingerprint density at radius 2 is 1.63 bits per heavy atom. The van der Waals surface area contributed by atoms with Gasteiger partial charge in [-0.05, 0) is 72.9 Å². The number of aryl methyl sites for hydroxylation is 1. The highest BCUT2D eigenvalue weighted by Gasteiger charge is 2.28. The van der Waals surface area contributed by atoms with Gasteiger partial charge in [-0.15, -0.1) is 0 Å². The van der Waals surface area contributed by atoms with Crippen molar-refractivity contribution in [2.75, 3.05) is 26.2 Å². The summed E-state index contributed by atoms with van der Waals surface area (Å²) in [6, 6.07) is 24.0. The molecule has 2 saturated heterocycles. The molecule has 1 atom stereocenters. The fourth-order valence-electron chi connectivity index (χ4n) is 6.16. The molecule has 2 N–H and O–H groups in total. The molecule has 3 aliphatic heterocycles. The van der Waals surface area contributed by atoms with Crippen molar-refractivity contribution in [3.8, 4) is 0 Å². The van der Waals surface area contributed by atoms with Gasteiger partial charge in [0.15, 0.2) is 0 Å². The summed E-state index contributed by atoms with van der Waals surface area (Å²) in [7, 11) is 0. The van der Waals surface area contributed by atoms with Crippen molar-refractivity contribution < 1.29 is 14.4 Å². The van der Waals surface area contributed by atoms with Gasteiger partial charge >= 0.3 is 0 Å². The van der Waals surface area contributed by atoms with E-state index in [9.17, 15) is 14.4 Å². The second-order valence-electron chi connectivity index (χ2n) is 11.7. The van der Waals surface area contributed by atoms with Crippen LogP contribution in [0.4, 0.5) is 0 Å². The first-order chi connectivity index (χ1) is 20.9. The third kappa shape index (κ3) is 8.24. The molecule has 3 amide bonds. The Bertz CT molecular complexity index is 1400. The van der Waals surface area contributed by atoms with E-state index in [1.807, 2.05) is 59.2 Å². The minimum atomic E-state index is -0.303. The van der Waals surface area contributed by atoms with Crippen LogP contribution < -0.4 is 10.6 Å². The summed E-state index contributed by atoms with van der Waals surface area (Å²) in [5.74, 6) is 0.487. The van der Waals surface area contributed by atoms with Gasteiger partial charge in [0.2, 0.25) is 17.7 Å². The molecular weight excluding hydrogens is 560 g/mol. The van der Waals surface area contributed by atoms with Crippen LogP contribution in [0.3, 0.4) is 0 Å². The first-order valence-corrected chi connectivity index (χ1v) is 15.7. The van der Waals surface area contributed by atoms with Gasteiger partial charge in [0.1, 0.15) is 0 Å². The standard InChI is InChI=1S/C28H34N4O3.C7H7Cl/c33-26-10-5-13-32(26)19-23-8-3-4-9-24(23)20-11-14-31(15-12-20)27(34)18-30-28(35)25-16-21-6-1-2-7-22(21)17-29-25;1-6-2-4-7(8)5-3-6/h1-4,6-9,20,25,29H,5,10-19H2,(H,30,35);2-5H,1H3. The molecule has 2 fully saturated rings. The van der Waals surface area contributed by atoms with Crippen LogP contribution in [0.15, 0.2) is 72.8 Å². The molecule has 226 valence electrons. The van der Waals surface area contributed by atoms with E-state index in [2.05, 4.69) is 41.0 Å². The zero-order valence-corrected chi connectivity index (χ0v) is 25.6. The normalized spacial score (nSPS) is 18.5. The summed E-state index contributed by atoms with van der Waals surface area (Å²) in [5.41, 5.74) is 6.19. The van der Waals surface area contributed by atoms with E-state index in [4.69, 9.17) is 11.6 Å². The molecule has 43 heavy (non-hydrogen) atoms. The first kappa shape index (κ1) is 30.8. The average Bonchev–Trinajstić information content (AvgIpc) is 3.45. The topological polar surface area (TPSA) is 81.8 Å². The molecule has 3 heterocycles. The van der Waals surface area contributed by atoms with E-state index in [0.717, 1.165) is 30.8 Å². The van der Waals surface area contributed by atoms with Gasteiger partial charge in [-0.2, -0.15) is 0 Å². The van der Waals surface area contributed by atoms with Crippen LogP contribution in [-0.2, 0) is 33.9 Å². The van der Waals surface area contributed by atoms with Crippen LogP contribution in [-0.4, -0.2) is 59.7 Å². The summed E-state index contributed by atoms with van der Waals surface area (Å²) in [5, 5.41) is 6.92. The fraction of sp³-hybridized carbons (Fsp3) is 0.400. The molecule has 0 saturated carbocycles. The number of rotatable bonds is 6. The number of fused-ring (bicyclic) bond motifs is 1. The second kappa shape index (κ2) is 14.7. The van der Waals surface area contributed by atoms with E-state index in [1.54, 1.807) is 0 Å². The number of carbonyl (C=O) groups is 3. The van der Waals surface area contributed by atoms with E-state index in [-0.39, 0.29) is 30.3 Å². The van der Waals surface area contributed by atoms with Gasteiger partial charge in [-0.3, -0.25) is 14.4 Å². The lowest BCUT2D eigenvalue weighted by Crippen LogP contribution is -2.50. The highest BCUT2D eigenvalue weighted by Crippen LogP contribution is 2.31. The van der Waals surface area contributed by atoms with Gasteiger partial charge in [-0.1, -0.05) is 77.8 Å². The number of amides is 3. The third-order valence-corrected chi connectivity index (χ3v) is 8.95. The van der Waals surface area contributed by atoms with E-state index in [1.165, 1.54) is 27.8 Å². The highest BCUT2D eigenvalue weighted by molar-refractivity contribution is 6.30. The molecule has 0 bridgehead atoms. The predicted molar refractivity (Wildman–Crippen MR) is 170 cm³/mol. The Morgan fingerprint density at radius 1 is 0.930 bits per heavy atom. The molecule has 6 rings (SSSR count). The largest absolute Gasteiger partial charge is 0.346 e. The molecular formula is C35H41ClN4O3. The Hall–Kier alpha value is -3.68. The number of piperidine rings is 1. The van der Waals surface area contributed by atoms with Crippen molar-refractivity contribution in [3.05, 3.63) is 106 Å². The number of likely N-dealkylation sites (tertiary alicyclic amines) is 2. The first-order valence-electron chi connectivity index (χ1n) is 15.3. The van der Waals surface area contributed by atoms with Crippen molar-refractivity contribution in [3.63, 3.8) is 0 Å². The van der Waals surface area contributed by atoms with Crippen LogP contribution in [0.2, 0.25) is 5.02 Å². The fourth-order valence-corrected chi connectivity index (χ4v) is 6.29. The van der Waals surface area contributed by atoms with Gasteiger partial charge in [-0.25, -0.2) is 0 Å². The monoisotopic (exact) mass is 600 g/mol. The summed E-state index contributed by atoms with van der Waals surface area (Å²) in [4.78, 5) is 41.4. The number of nitrogens with zero attached hydrogens (tertiary/aromatic N) is 2. The van der Waals surface area contributed by atoms with Crippen molar-refractivity contribution in [2.24, 2.45) is 0 Å². The summed E-state index contributed by atoms with van der Waals surface area (Å²) in [6.45, 7) is 5.64. The van der Waals surface area contributed by atoms with E-state index < -0.39 is 0 Å². The number of carbonyl (C=O) groups excluding carboxylic acids is 3. The Labute approximate surface area is 259 Å². The lowest BCUT2D eigenvalue weighted by molar-refractivity contribution is -0.134. The molecule has 0 spiro atoms. The van der Waals surface area contributed by atoms with Crippen LogP contribution in [0, 0.1) is 6.92 Å². The van der Waals surface area contributed by atoms with Crippen molar-refractivity contribution in [1.29, 1.82) is 0 Å². The van der Waals surface area contributed by atoms with Crippen molar-refractivity contribution in [2.45, 2.75) is 64.1 Å². The van der Waals surface area contributed by atoms with E-state index in [0.29, 0.717) is 44.9 Å². The summed E-state index contributed by atoms with van der Waals surface area (Å²) in [6.07, 6.45) is 4.03. The molecule has 3 aliphatic rings. The lowest BCUT2D eigenvalue weighted by atomic mass is 9.86. The summed E-state index contributed by atoms with van der Waals surface area (Å²) >= 11 is 5.61.